The summed E-state index contributed by atoms with van der Waals surface area (Å²) in [7, 11) is 0. The quantitative estimate of drug-likeness (QED) is 0.793. The molecule has 0 saturated carbocycles. The molecular weight excluding hydrogens is 242 g/mol. The molecule has 0 aliphatic carbocycles. The van der Waals surface area contributed by atoms with Crippen LogP contribution in [0.1, 0.15) is 35.6 Å². The largest absolute Gasteiger partial charge is 0.296 e. The van der Waals surface area contributed by atoms with Crippen LogP contribution in [0.5, 0.6) is 0 Å². The second-order valence-electron chi connectivity index (χ2n) is 5.86. The Balaban J connectivity index is 1.85. The van der Waals surface area contributed by atoms with Crippen LogP contribution in [0.15, 0.2) is 54.6 Å². The maximum Gasteiger partial charge on any atom is 0.0388 e. The van der Waals surface area contributed by atoms with Crippen LogP contribution in [0.4, 0.5) is 0 Å². The van der Waals surface area contributed by atoms with E-state index in [-0.39, 0.29) is 0 Å². The van der Waals surface area contributed by atoms with Gasteiger partial charge >= 0.3 is 0 Å². The van der Waals surface area contributed by atoms with Gasteiger partial charge in [-0.05, 0) is 50.4 Å². The first-order valence-corrected chi connectivity index (χ1v) is 7.67. The molecule has 1 heterocycles. The lowest BCUT2D eigenvalue weighted by Gasteiger charge is -2.28. The molecule has 1 heteroatoms. The Bertz CT molecular complexity index is 523. The molecule has 2 aromatic rings. The van der Waals surface area contributed by atoms with Gasteiger partial charge in [0.05, 0.1) is 0 Å². The summed E-state index contributed by atoms with van der Waals surface area (Å²) in [5, 5.41) is 0. The average Bonchev–Trinajstić information content (AvgIpc) is 3.01. The van der Waals surface area contributed by atoms with Gasteiger partial charge in [-0.2, -0.15) is 0 Å². The Morgan fingerprint density at radius 2 is 1.55 bits per heavy atom. The zero-order valence-electron chi connectivity index (χ0n) is 12.3. The normalized spacial score (nSPS) is 17.2. The van der Waals surface area contributed by atoms with E-state index in [0.29, 0.717) is 6.04 Å². The predicted molar refractivity (Wildman–Crippen MR) is 84.9 cm³/mol. The van der Waals surface area contributed by atoms with E-state index in [2.05, 4.69) is 66.4 Å². The van der Waals surface area contributed by atoms with Crippen LogP contribution in [0.2, 0.25) is 0 Å². The van der Waals surface area contributed by atoms with Crippen molar-refractivity contribution in [2.24, 2.45) is 0 Å². The minimum absolute atomic E-state index is 0.528. The van der Waals surface area contributed by atoms with Crippen LogP contribution < -0.4 is 0 Å². The molecule has 20 heavy (non-hydrogen) atoms. The molecule has 0 spiro atoms. The molecular formula is C19H23N. The van der Waals surface area contributed by atoms with Gasteiger partial charge in [0.25, 0.3) is 0 Å². The summed E-state index contributed by atoms with van der Waals surface area (Å²) in [6, 6.07) is 20.5. The van der Waals surface area contributed by atoms with E-state index in [4.69, 9.17) is 0 Å². The topological polar surface area (TPSA) is 3.24 Å². The fourth-order valence-electron chi connectivity index (χ4n) is 3.14. The number of aryl methyl sites for hydroxylation is 1. The zero-order valence-corrected chi connectivity index (χ0v) is 12.3. The van der Waals surface area contributed by atoms with E-state index in [1.54, 1.807) is 0 Å². The van der Waals surface area contributed by atoms with Gasteiger partial charge in [0, 0.05) is 6.04 Å². The summed E-state index contributed by atoms with van der Waals surface area (Å²) in [5.41, 5.74) is 4.24. The van der Waals surface area contributed by atoms with Gasteiger partial charge in [0.15, 0.2) is 0 Å². The van der Waals surface area contributed by atoms with E-state index in [9.17, 15) is 0 Å². The first kappa shape index (κ1) is 13.4. The summed E-state index contributed by atoms with van der Waals surface area (Å²) in [4.78, 5) is 2.65. The first-order chi connectivity index (χ1) is 9.83. The van der Waals surface area contributed by atoms with Crippen LogP contribution in [-0.4, -0.2) is 18.0 Å². The Kier molecular flexibility index (Phi) is 4.17. The van der Waals surface area contributed by atoms with Crippen LogP contribution in [0.25, 0.3) is 0 Å². The second kappa shape index (κ2) is 6.23. The van der Waals surface area contributed by atoms with Gasteiger partial charge in [0.2, 0.25) is 0 Å². The van der Waals surface area contributed by atoms with E-state index < -0.39 is 0 Å². The number of rotatable bonds is 4. The maximum absolute atomic E-state index is 2.65. The summed E-state index contributed by atoms with van der Waals surface area (Å²) in [5.74, 6) is 0. The van der Waals surface area contributed by atoms with Crippen molar-refractivity contribution in [3.05, 3.63) is 71.3 Å². The average molecular weight is 265 g/mol. The van der Waals surface area contributed by atoms with E-state index in [1.807, 2.05) is 0 Å². The minimum Gasteiger partial charge on any atom is -0.296 e. The summed E-state index contributed by atoms with van der Waals surface area (Å²) in [6.07, 6.45) is 3.80. The van der Waals surface area contributed by atoms with Crippen molar-refractivity contribution in [3.8, 4) is 0 Å². The molecule has 1 fully saturated rings. The van der Waals surface area contributed by atoms with Gasteiger partial charge in [-0.15, -0.1) is 0 Å². The number of hydrogen-bond donors (Lipinski definition) is 0. The third-order valence-corrected chi connectivity index (χ3v) is 4.32. The van der Waals surface area contributed by atoms with E-state index in [1.165, 1.54) is 42.6 Å². The number of nitrogens with zero attached hydrogens (tertiary/aromatic N) is 1. The standard InChI is InChI=1S/C19H23N/c1-16-9-11-18(12-10-16)19(20-13-5-6-14-20)15-17-7-3-2-4-8-17/h2-4,7-12,19H,5-6,13-15H2,1H3. The minimum atomic E-state index is 0.528. The monoisotopic (exact) mass is 265 g/mol. The lowest BCUT2D eigenvalue weighted by atomic mass is 9.97. The second-order valence-corrected chi connectivity index (χ2v) is 5.86. The third-order valence-electron chi connectivity index (χ3n) is 4.32. The molecule has 0 amide bonds. The first-order valence-electron chi connectivity index (χ1n) is 7.67. The van der Waals surface area contributed by atoms with Crippen LogP contribution in [0.3, 0.4) is 0 Å². The highest BCUT2D eigenvalue weighted by molar-refractivity contribution is 5.27. The molecule has 1 nitrogen and oxygen atoms in total. The maximum atomic E-state index is 2.65. The van der Waals surface area contributed by atoms with Crippen molar-refractivity contribution < 1.29 is 0 Å². The molecule has 0 N–H and O–H groups in total. The van der Waals surface area contributed by atoms with Crippen molar-refractivity contribution in [2.75, 3.05) is 13.1 Å². The molecule has 104 valence electrons. The van der Waals surface area contributed by atoms with Gasteiger partial charge in [-0.1, -0.05) is 60.2 Å². The van der Waals surface area contributed by atoms with Crippen molar-refractivity contribution in [1.82, 2.24) is 4.90 Å². The predicted octanol–water partition coefficient (Wildman–Crippen LogP) is 4.37. The van der Waals surface area contributed by atoms with Crippen molar-refractivity contribution in [2.45, 2.75) is 32.2 Å². The molecule has 0 radical (unpaired) electrons. The fraction of sp³-hybridized carbons (Fsp3) is 0.368. The highest BCUT2D eigenvalue weighted by Crippen LogP contribution is 2.28. The summed E-state index contributed by atoms with van der Waals surface area (Å²) < 4.78 is 0. The van der Waals surface area contributed by atoms with Gasteiger partial charge in [0.1, 0.15) is 0 Å². The van der Waals surface area contributed by atoms with E-state index in [0.717, 1.165) is 6.42 Å². The highest BCUT2D eigenvalue weighted by atomic mass is 15.2. The van der Waals surface area contributed by atoms with E-state index >= 15 is 0 Å². The molecule has 1 aliphatic heterocycles. The van der Waals surface area contributed by atoms with Crippen molar-refractivity contribution in [1.29, 1.82) is 0 Å². The van der Waals surface area contributed by atoms with Gasteiger partial charge < -0.3 is 0 Å². The molecule has 0 aromatic heterocycles. The molecule has 3 rings (SSSR count). The molecule has 1 saturated heterocycles. The van der Waals surface area contributed by atoms with Crippen LogP contribution in [0, 0.1) is 6.92 Å². The van der Waals surface area contributed by atoms with Crippen LogP contribution in [-0.2, 0) is 6.42 Å². The van der Waals surface area contributed by atoms with Crippen LogP contribution >= 0.6 is 0 Å². The third kappa shape index (κ3) is 3.10. The van der Waals surface area contributed by atoms with Crippen molar-refractivity contribution in [3.63, 3.8) is 0 Å². The Hall–Kier alpha value is -1.60. The number of hydrogen-bond acceptors (Lipinski definition) is 1. The highest BCUT2D eigenvalue weighted by Gasteiger charge is 2.23. The Labute approximate surface area is 122 Å². The lowest BCUT2D eigenvalue weighted by Crippen LogP contribution is -2.27. The fourth-order valence-corrected chi connectivity index (χ4v) is 3.14. The molecule has 2 aromatic carbocycles. The number of benzene rings is 2. The SMILES string of the molecule is Cc1ccc(C(Cc2ccccc2)N2CCCC2)cc1. The van der Waals surface area contributed by atoms with Gasteiger partial charge in [-0.25, -0.2) is 0 Å². The van der Waals surface area contributed by atoms with Gasteiger partial charge in [-0.3, -0.25) is 4.90 Å². The Morgan fingerprint density at radius 3 is 2.20 bits per heavy atom. The molecule has 1 unspecified atom stereocenters. The smallest absolute Gasteiger partial charge is 0.0388 e. The summed E-state index contributed by atoms with van der Waals surface area (Å²) in [6.45, 7) is 4.64. The summed E-state index contributed by atoms with van der Waals surface area (Å²) >= 11 is 0. The zero-order chi connectivity index (χ0) is 13.8. The molecule has 1 aliphatic rings. The molecule has 0 bridgehead atoms. The lowest BCUT2D eigenvalue weighted by molar-refractivity contribution is 0.244. The molecule has 1 atom stereocenters. The number of likely N-dealkylation sites (tertiary alicyclic amines) is 1. The Morgan fingerprint density at radius 1 is 0.900 bits per heavy atom. The van der Waals surface area contributed by atoms with Crippen molar-refractivity contribution >= 4 is 0 Å².